The number of nitrogens with zero attached hydrogens (tertiary/aromatic N) is 1. The Balaban J connectivity index is 2.50. The molecule has 0 aromatic carbocycles. The highest BCUT2D eigenvalue weighted by Gasteiger charge is 2.25. The summed E-state index contributed by atoms with van der Waals surface area (Å²) in [4.78, 5) is 13.9. The number of sulfone groups is 1. The van der Waals surface area contributed by atoms with Crippen molar-refractivity contribution >= 4 is 15.7 Å². The first-order valence-electron chi connectivity index (χ1n) is 7.01. The van der Waals surface area contributed by atoms with Gasteiger partial charge in [0.05, 0.1) is 11.8 Å². The number of rotatable bonds is 5. The van der Waals surface area contributed by atoms with Crippen LogP contribution in [-0.2, 0) is 14.6 Å². The molecule has 1 rings (SSSR count). The highest BCUT2D eigenvalue weighted by molar-refractivity contribution is 7.90. The first-order chi connectivity index (χ1) is 8.81. The van der Waals surface area contributed by atoms with Crippen LogP contribution in [0.15, 0.2) is 0 Å². The second-order valence-corrected chi connectivity index (χ2v) is 7.88. The average molecular weight is 290 g/mol. The molecule has 0 bridgehead atoms. The van der Waals surface area contributed by atoms with Crippen molar-refractivity contribution in [1.82, 2.24) is 4.90 Å². The van der Waals surface area contributed by atoms with E-state index in [9.17, 15) is 13.2 Å². The van der Waals surface area contributed by atoms with Gasteiger partial charge in [0.1, 0.15) is 9.84 Å². The molecule has 1 saturated carbocycles. The Morgan fingerprint density at radius 2 is 1.79 bits per heavy atom. The fourth-order valence-electron chi connectivity index (χ4n) is 2.55. The van der Waals surface area contributed by atoms with Crippen molar-refractivity contribution in [3.63, 3.8) is 0 Å². The van der Waals surface area contributed by atoms with Gasteiger partial charge in [0.2, 0.25) is 5.91 Å². The quantitative estimate of drug-likeness (QED) is 0.764. The van der Waals surface area contributed by atoms with E-state index in [2.05, 4.69) is 0 Å². The molecule has 0 spiro atoms. The molecule has 0 aromatic rings. The van der Waals surface area contributed by atoms with Crippen molar-refractivity contribution in [3.8, 4) is 0 Å². The van der Waals surface area contributed by atoms with Gasteiger partial charge in [-0.05, 0) is 19.3 Å². The maximum Gasteiger partial charge on any atom is 0.239 e. The number of nitrogens with two attached hydrogens (primary N) is 1. The van der Waals surface area contributed by atoms with Gasteiger partial charge in [-0.2, -0.15) is 0 Å². The molecular weight excluding hydrogens is 264 g/mol. The monoisotopic (exact) mass is 290 g/mol. The maximum absolute atomic E-state index is 12.2. The molecule has 1 aliphatic carbocycles. The van der Waals surface area contributed by atoms with E-state index in [0.29, 0.717) is 0 Å². The van der Waals surface area contributed by atoms with Crippen LogP contribution in [0.5, 0.6) is 0 Å². The minimum Gasteiger partial charge on any atom is -0.341 e. The van der Waals surface area contributed by atoms with Gasteiger partial charge < -0.3 is 10.6 Å². The SMILES string of the molecule is CN(C(=O)C(N)CCS(C)(=O)=O)C1CCCCCC1. The summed E-state index contributed by atoms with van der Waals surface area (Å²) in [6.45, 7) is 0. The topological polar surface area (TPSA) is 80.5 Å². The smallest absolute Gasteiger partial charge is 0.239 e. The van der Waals surface area contributed by atoms with Gasteiger partial charge in [-0.3, -0.25) is 4.79 Å². The van der Waals surface area contributed by atoms with Crippen LogP contribution in [0.4, 0.5) is 0 Å². The molecule has 112 valence electrons. The molecule has 1 unspecified atom stereocenters. The number of carbonyl (C=O) groups is 1. The predicted molar refractivity (Wildman–Crippen MR) is 76.6 cm³/mol. The number of amides is 1. The number of hydrogen-bond acceptors (Lipinski definition) is 4. The molecule has 6 heteroatoms. The molecule has 0 aromatic heterocycles. The Labute approximate surface area is 116 Å². The summed E-state index contributed by atoms with van der Waals surface area (Å²) in [6, 6.07) is -0.442. The van der Waals surface area contributed by atoms with Crippen molar-refractivity contribution < 1.29 is 13.2 Å². The van der Waals surface area contributed by atoms with Crippen LogP contribution < -0.4 is 5.73 Å². The molecule has 1 atom stereocenters. The third-order valence-electron chi connectivity index (χ3n) is 3.84. The Morgan fingerprint density at radius 1 is 1.26 bits per heavy atom. The largest absolute Gasteiger partial charge is 0.341 e. The molecule has 0 saturated heterocycles. The summed E-state index contributed by atoms with van der Waals surface area (Å²) in [5.41, 5.74) is 5.82. The van der Waals surface area contributed by atoms with Crippen molar-refractivity contribution in [2.24, 2.45) is 5.73 Å². The lowest BCUT2D eigenvalue weighted by atomic mass is 10.1. The zero-order chi connectivity index (χ0) is 14.5. The van der Waals surface area contributed by atoms with E-state index in [1.165, 1.54) is 19.1 Å². The minimum atomic E-state index is -3.06. The predicted octanol–water partition coefficient (Wildman–Crippen LogP) is 0.930. The summed E-state index contributed by atoms with van der Waals surface area (Å²) in [6.07, 6.45) is 8.20. The van der Waals surface area contributed by atoms with Crippen LogP contribution in [0.3, 0.4) is 0 Å². The van der Waals surface area contributed by atoms with Crippen LogP contribution >= 0.6 is 0 Å². The van der Waals surface area contributed by atoms with E-state index in [1.54, 1.807) is 11.9 Å². The van der Waals surface area contributed by atoms with Crippen LogP contribution in [0, 0.1) is 0 Å². The van der Waals surface area contributed by atoms with Gasteiger partial charge in [0.25, 0.3) is 0 Å². The standard InChI is InChI=1S/C13H26N2O3S/c1-15(11-7-5-3-4-6-8-11)13(16)12(14)9-10-19(2,17)18/h11-12H,3-10,14H2,1-2H3. The minimum absolute atomic E-state index is 0.0294. The summed E-state index contributed by atoms with van der Waals surface area (Å²) in [5, 5.41) is 0. The van der Waals surface area contributed by atoms with Crippen LogP contribution in [0.2, 0.25) is 0 Å². The van der Waals surface area contributed by atoms with Gasteiger partial charge >= 0.3 is 0 Å². The molecule has 1 fully saturated rings. The lowest BCUT2D eigenvalue weighted by molar-refractivity contribution is -0.133. The van der Waals surface area contributed by atoms with Gasteiger partial charge in [0, 0.05) is 19.3 Å². The van der Waals surface area contributed by atoms with Gasteiger partial charge in [-0.15, -0.1) is 0 Å². The van der Waals surface area contributed by atoms with Gasteiger partial charge in [-0.1, -0.05) is 25.7 Å². The summed E-state index contributed by atoms with van der Waals surface area (Å²) < 4.78 is 22.2. The lowest BCUT2D eigenvalue weighted by Gasteiger charge is -2.29. The van der Waals surface area contributed by atoms with E-state index in [-0.39, 0.29) is 24.1 Å². The second kappa shape index (κ2) is 7.24. The highest BCUT2D eigenvalue weighted by Crippen LogP contribution is 2.21. The van der Waals surface area contributed by atoms with E-state index < -0.39 is 15.9 Å². The second-order valence-electron chi connectivity index (χ2n) is 5.62. The van der Waals surface area contributed by atoms with Crippen LogP contribution in [0.25, 0.3) is 0 Å². The molecule has 0 aliphatic heterocycles. The molecule has 0 radical (unpaired) electrons. The van der Waals surface area contributed by atoms with Crippen molar-refractivity contribution in [2.45, 2.75) is 57.0 Å². The first kappa shape index (κ1) is 16.4. The fourth-order valence-corrected chi connectivity index (χ4v) is 3.23. The molecular formula is C13H26N2O3S. The van der Waals surface area contributed by atoms with Crippen molar-refractivity contribution in [3.05, 3.63) is 0 Å². The summed E-state index contributed by atoms with van der Waals surface area (Å²) in [7, 11) is -1.27. The average Bonchev–Trinajstić information content (AvgIpc) is 2.62. The number of hydrogen-bond donors (Lipinski definition) is 1. The molecule has 0 heterocycles. The Bertz CT molecular complexity index is 387. The molecule has 2 N–H and O–H groups in total. The highest BCUT2D eigenvalue weighted by atomic mass is 32.2. The van der Waals surface area contributed by atoms with E-state index in [0.717, 1.165) is 25.7 Å². The lowest BCUT2D eigenvalue weighted by Crippen LogP contribution is -2.47. The number of likely N-dealkylation sites (N-methyl/N-ethyl adjacent to an activating group) is 1. The van der Waals surface area contributed by atoms with Gasteiger partial charge in [-0.25, -0.2) is 8.42 Å². The maximum atomic E-state index is 12.2. The summed E-state index contributed by atoms with van der Waals surface area (Å²) >= 11 is 0. The van der Waals surface area contributed by atoms with Crippen molar-refractivity contribution in [1.29, 1.82) is 0 Å². The van der Waals surface area contributed by atoms with Crippen LogP contribution in [-0.4, -0.2) is 50.4 Å². The molecule has 19 heavy (non-hydrogen) atoms. The number of carbonyl (C=O) groups excluding carboxylic acids is 1. The third kappa shape index (κ3) is 5.91. The zero-order valence-electron chi connectivity index (χ0n) is 12.0. The Kier molecular flexibility index (Phi) is 6.26. The van der Waals surface area contributed by atoms with Crippen molar-refractivity contribution in [2.75, 3.05) is 19.1 Å². The van der Waals surface area contributed by atoms with Gasteiger partial charge in [0.15, 0.2) is 0 Å². The third-order valence-corrected chi connectivity index (χ3v) is 4.81. The van der Waals surface area contributed by atoms with Crippen LogP contribution in [0.1, 0.15) is 44.9 Å². The summed E-state index contributed by atoms with van der Waals surface area (Å²) in [5.74, 6) is -0.158. The Morgan fingerprint density at radius 3 is 2.26 bits per heavy atom. The molecule has 1 aliphatic rings. The van der Waals surface area contributed by atoms with E-state index >= 15 is 0 Å². The Hall–Kier alpha value is -0.620. The first-order valence-corrected chi connectivity index (χ1v) is 9.07. The van der Waals surface area contributed by atoms with E-state index in [1.807, 2.05) is 0 Å². The zero-order valence-corrected chi connectivity index (χ0v) is 12.8. The van der Waals surface area contributed by atoms with E-state index in [4.69, 9.17) is 5.73 Å². The fraction of sp³-hybridized carbons (Fsp3) is 0.923. The molecule has 5 nitrogen and oxygen atoms in total. The molecule has 1 amide bonds. The normalized spacial score (nSPS) is 19.7.